The van der Waals surface area contributed by atoms with Crippen LogP contribution in [-0.2, 0) is 12.8 Å². The quantitative estimate of drug-likeness (QED) is 0.883. The van der Waals surface area contributed by atoms with Crippen molar-refractivity contribution < 1.29 is 14.6 Å². The molecule has 0 heterocycles. The van der Waals surface area contributed by atoms with Crippen molar-refractivity contribution in [1.29, 1.82) is 0 Å². The van der Waals surface area contributed by atoms with Gasteiger partial charge in [-0.05, 0) is 37.0 Å². The van der Waals surface area contributed by atoms with Gasteiger partial charge in [-0.2, -0.15) is 0 Å². The van der Waals surface area contributed by atoms with Crippen molar-refractivity contribution in [3.05, 3.63) is 22.2 Å². The molecule has 1 unspecified atom stereocenters. The maximum atomic E-state index is 9.49. The molecule has 1 N–H and O–H groups in total. The molecule has 1 aromatic carbocycles. The van der Waals surface area contributed by atoms with Crippen molar-refractivity contribution in [3.63, 3.8) is 0 Å². The van der Waals surface area contributed by atoms with E-state index in [9.17, 15) is 5.11 Å². The molecule has 0 aliphatic carbocycles. The lowest BCUT2D eigenvalue weighted by atomic mass is 9.99. The van der Waals surface area contributed by atoms with Crippen LogP contribution in [0.3, 0.4) is 0 Å². The maximum absolute atomic E-state index is 9.49. The zero-order valence-corrected chi connectivity index (χ0v) is 11.5. The van der Waals surface area contributed by atoms with E-state index in [2.05, 4.69) is 0 Å². The summed E-state index contributed by atoms with van der Waals surface area (Å²) in [6.45, 7) is 3.78. The summed E-state index contributed by atoms with van der Waals surface area (Å²) in [4.78, 5) is 0. The third kappa shape index (κ3) is 3.05. The Labute approximate surface area is 107 Å². The molecule has 0 radical (unpaired) electrons. The maximum Gasteiger partial charge on any atom is 0.179 e. The average Bonchev–Trinajstić information content (AvgIpc) is 2.28. The van der Waals surface area contributed by atoms with Crippen LogP contribution in [0.2, 0.25) is 5.02 Å². The molecule has 0 fully saturated rings. The summed E-state index contributed by atoms with van der Waals surface area (Å²) in [5, 5.41) is 10.1. The minimum Gasteiger partial charge on any atom is -0.493 e. The van der Waals surface area contributed by atoms with E-state index < -0.39 is 6.10 Å². The first-order chi connectivity index (χ1) is 8.04. The average molecular weight is 259 g/mol. The van der Waals surface area contributed by atoms with Gasteiger partial charge in [-0.1, -0.05) is 18.5 Å². The number of halogens is 1. The Morgan fingerprint density at radius 2 is 2.00 bits per heavy atom. The monoisotopic (exact) mass is 258 g/mol. The van der Waals surface area contributed by atoms with Gasteiger partial charge in [-0.25, -0.2) is 0 Å². The van der Waals surface area contributed by atoms with Crippen molar-refractivity contribution in [1.82, 2.24) is 0 Å². The van der Waals surface area contributed by atoms with Gasteiger partial charge < -0.3 is 14.6 Å². The lowest BCUT2D eigenvalue weighted by Crippen LogP contribution is -2.08. The van der Waals surface area contributed by atoms with E-state index in [1.54, 1.807) is 21.1 Å². The first-order valence-electron chi connectivity index (χ1n) is 5.65. The minimum absolute atomic E-state index is 0.408. The van der Waals surface area contributed by atoms with Crippen molar-refractivity contribution in [2.45, 2.75) is 32.8 Å². The number of methoxy groups -OCH3 is 2. The number of ether oxygens (including phenoxy) is 2. The molecule has 3 nitrogen and oxygen atoms in total. The topological polar surface area (TPSA) is 38.7 Å². The SMILES string of the molecule is CCc1c(CC(C)O)cc(OC)c(OC)c1Cl. The molecule has 0 saturated heterocycles. The van der Waals surface area contributed by atoms with E-state index in [0.717, 1.165) is 17.5 Å². The highest BCUT2D eigenvalue weighted by Crippen LogP contribution is 2.40. The van der Waals surface area contributed by atoms with E-state index in [4.69, 9.17) is 21.1 Å². The first kappa shape index (κ1) is 14.1. The summed E-state index contributed by atoms with van der Waals surface area (Å²) in [7, 11) is 3.14. The number of aliphatic hydroxyl groups excluding tert-OH is 1. The van der Waals surface area contributed by atoms with Crippen molar-refractivity contribution >= 4 is 11.6 Å². The molecule has 1 rings (SSSR count). The summed E-state index contributed by atoms with van der Waals surface area (Å²) in [5.74, 6) is 1.16. The third-order valence-corrected chi connectivity index (χ3v) is 3.07. The van der Waals surface area contributed by atoms with E-state index in [1.165, 1.54) is 0 Å². The lowest BCUT2D eigenvalue weighted by molar-refractivity contribution is 0.195. The second-order valence-electron chi connectivity index (χ2n) is 3.97. The molecule has 0 amide bonds. The summed E-state index contributed by atoms with van der Waals surface area (Å²) < 4.78 is 10.5. The Bertz CT molecular complexity index is 389. The van der Waals surface area contributed by atoms with E-state index in [0.29, 0.717) is 22.9 Å². The summed E-state index contributed by atoms with van der Waals surface area (Å²) >= 11 is 6.29. The number of rotatable bonds is 5. The largest absolute Gasteiger partial charge is 0.493 e. The Balaban J connectivity index is 3.34. The molecule has 0 saturated carbocycles. The smallest absolute Gasteiger partial charge is 0.179 e. The van der Waals surface area contributed by atoms with Gasteiger partial charge in [-0.3, -0.25) is 0 Å². The van der Waals surface area contributed by atoms with Gasteiger partial charge in [0.25, 0.3) is 0 Å². The van der Waals surface area contributed by atoms with Crippen molar-refractivity contribution in [3.8, 4) is 11.5 Å². The highest BCUT2D eigenvalue weighted by atomic mass is 35.5. The minimum atomic E-state index is -0.408. The molecule has 1 atom stereocenters. The zero-order valence-electron chi connectivity index (χ0n) is 10.7. The standard InChI is InChI=1S/C13H19ClO3/c1-5-10-9(6-8(2)15)7-11(16-3)13(17-4)12(10)14/h7-8,15H,5-6H2,1-4H3. The molecular weight excluding hydrogens is 240 g/mol. The number of aliphatic hydroxyl groups is 1. The summed E-state index contributed by atoms with van der Waals surface area (Å²) in [5.41, 5.74) is 2.01. The molecule has 0 aliphatic rings. The van der Waals surface area contributed by atoms with Crippen LogP contribution in [0, 0.1) is 0 Å². The normalized spacial score (nSPS) is 12.4. The highest BCUT2D eigenvalue weighted by molar-refractivity contribution is 6.33. The molecular formula is C13H19ClO3. The lowest BCUT2D eigenvalue weighted by Gasteiger charge is -2.17. The van der Waals surface area contributed by atoms with E-state index >= 15 is 0 Å². The van der Waals surface area contributed by atoms with Gasteiger partial charge in [0.1, 0.15) is 0 Å². The van der Waals surface area contributed by atoms with Crippen LogP contribution in [0.4, 0.5) is 0 Å². The van der Waals surface area contributed by atoms with Gasteiger partial charge in [0.05, 0.1) is 25.3 Å². The van der Waals surface area contributed by atoms with Gasteiger partial charge in [0.15, 0.2) is 11.5 Å². The molecule has 0 aromatic heterocycles. The third-order valence-electron chi connectivity index (χ3n) is 2.67. The predicted molar refractivity (Wildman–Crippen MR) is 69.3 cm³/mol. The fourth-order valence-corrected chi connectivity index (χ4v) is 2.35. The van der Waals surface area contributed by atoms with Gasteiger partial charge in [0.2, 0.25) is 0 Å². The first-order valence-corrected chi connectivity index (χ1v) is 6.03. The molecule has 0 bridgehead atoms. The molecule has 96 valence electrons. The van der Waals surface area contributed by atoms with Crippen LogP contribution in [0.15, 0.2) is 6.07 Å². The Hall–Kier alpha value is -0.930. The van der Waals surface area contributed by atoms with Crippen LogP contribution in [0.1, 0.15) is 25.0 Å². The molecule has 0 spiro atoms. The Morgan fingerprint density at radius 3 is 2.41 bits per heavy atom. The van der Waals surface area contributed by atoms with Crippen LogP contribution >= 0.6 is 11.6 Å². The van der Waals surface area contributed by atoms with Crippen LogP contribution in [-0.4, -0.2) is 25.4 Å². The summed E-state index contributed by atoms with van der Waals surface area (Å²) in [6.07, 6.45) is 0.944. The predicted octanol–water partition coefficient (Wildman–Crippen LogP) is 2.84. The Morgan fingerprint density at radius 1 is 1.35 bits per heavy atom. The number of hydrogen-bond donors (Lipinski definition) is 1. The van der Waals surface area contributed by atoms with Crippen LogP contribution < -0.4 is 9.47 Å². The number of benzene rings is 1. The van der Waals surface area contributed by atoms with Gasteiger partial charge in [0, 0.05) is 0 Å². The summed E-state index contributed by atoms with van der Waals surface area (Å²) in [6, 6.07) is 1.89. The fraction of sp³-hybridized carbons (Fsp3) is 0.538. The van der Waals surface area contributed by atoms with E-state index in [-0.39, 0.29) is 0 Å². The zero-order chi connectivity index (χ0) is 13.0. The second-order valence-corrected chi connectivity index (χ2v) is 4.35. The molecule has 4 heteroatoms. The molecule has 17 heavy (non-hydrogen) atoms. The Kier molecular flexibility index (Phi) is 5.09. The van der Waals surface area contributed by atoms with Crippen LogP contribution in [0.5, 0.6) is 11.5 Å². The van der Waals surface area contributed by atoms with Gasteiger partial charge >= 0.3 is 0 Å². The van der Waals surface area contributed by atoms with Gasteiger partial charge in [-0.15, -0.1) is 0 Å². The second kappa shape index (κ2) is 6.12. The van der Waals surface area contributed by atoms with E-state index in [1.807, 2.05) is 13.0 Å². The fourth-order valence-electron chi connectivity index (χ4n) is 1.92. The molecule has 0 aliphatic heterocycles. The number of hydrogen-bond acceptors (Lipinski definition) is 3. The van der Waals surface area contributed by atoms with Crippen LogP contribution in [0.25, 0.3) is 0 Å². The van der Waals surface area contributed by atoms with Crippen molar-refractivity contribution in [2.75, 3.05) is 14.2 Å². The van der Waals surface area contributed by atoms with Crippen molar-refractivity contribution in [2.24, 2.45) is 0 Å². The molecule has 1 aromatic rings. The highest BCUT2D eigenvalue weighted by Gasteiger charge is 2.17.